The molecule has 2 aromatic rings. The standard InChI is InChI=1S/C17H16.CH4/c1-13-5-4-8-15(11-13)17-10-9-14-6-2-3-7-16(14)12-17;/h2,4-6,8-12H,3,7H2,1H3;1H4. The van der Waals surface area contributed by atoms with Crippen LogP contribution < -0.4 is 0 Å². The summed E-state index contributed by atoms with van der Waals surface area (Å²) >= 11 is 0. The average Bonchev–Trinajstić information content (AvgIpc) is 2.38. The first-order valence-electron chi connectivity index (χ1n) is 6.19. The number of benzene rings is 2. The molecular formula is C18H20. The monoisotopic (exact) mass is 236 g/mol. The molecule has 0 aromatic heterocycles. The predicted molar refractivity (Wildman–Crippen MR) is 80.7 cm³/mol. The minimum absolute atomic E-state index is 0. The van der Waals surface area contributed by atoms with Crippen molar-refractivity contribution in [2.45, 2.75) is 27.2 Å². The van der Waals surface area contributed by atoms with E-state index in [1.54, 1.807) is 0 Å². The van der Waals surface area contributed by atoms with Crippen LogP contribution in [0, 0.1) is 6.92 Å². The van der Waals surface area contributed by atoms with Crippen molar-refractivity contribution in [3.63, 3.8) is 0 Å². The van der Waals surface area contributed by atoms with Crippen molar-refractivity contribution in [2.75, 3.05) is 0 Å². The van der Waals surface area contributed by atoms with E-state index >= 15 is 0 Å². The van der Waals surface area contributed by atoms with Gasteiger partial charge in [-0.15, -0.1) is 0 Å². The van der Waals surface area contributed by atoms with E-state index in [2.05, 4.69) is 61.5 Å². The summed E-state index contributed by atoms with van der Waals surface area (Å²) in [5.41, 5.74) is 6.84. The Balaban J connectivity index is 0.00000120. The molecular weight excluding hydrogens is 216 g/mol. The van der Waals surface area contributed by atoms with E-state index < -0.39 is 0 Å². The predicted octanol–water partition coefficient (Wildman–Crippen LogP) is 5.26. The van der Waals surface area contributed by atoms with Gasteiger partial charge >= 0.3 is 0 Å². The van der Waals surface area contributed by atoms with Crippen LogP contribution in [0.5, 0.6) is 0 Å². The molecule has 1 aliphatic carbocycles. The summed E-state index contributed by atoms with van der Waals surface area (Å²) in [6, 6.07) is 15.5. The van der Waals surface area contributed by atoms with Crippen LogP contribution in [0.25, 0.3) is 17.2 Å². The Morgan fingerprint density at radius 3 is 2.61 bits per heavy atom. The van der Waals surface area contributed by atoms with Crippen molar-refractivity contribution in [3.8, 4) is 11.1 Å². The second-order valence-electron chi connectivity index (χ2n) is 4.72. The van der Waals surface area contributed by atoms with Crippen LogP contribution in [0.4, 0.5) is 0 Å². The van der Waals surface area contributed by atoms with Crippen LogP contribution in [0.3, 0.4) is 0 Å². The first kappa shape index (κ1) is 12.6. The lowest BCUT2D eigenvalue weighted by Gasteiger charge is -2.12. The van der Waals surface area contributed by atoms with Crippen LogP contribution in [-0.2, 0) is 6.42 Å². The summed E-state index contributed by atoms with van der Waals surface area (Å²) in [5.74, 6) is 0. The molecule has 0 saturated carbocycles. The van der Waals surface area contributed by atoms with Gasteiger partial charge < -0.3 is 0 Å². The van der Waals surface area contributed by atoms with E-state index in [-0.39, 0.29) is 7.43 Å². The Morgan fingerprint density at radius 2 is 1.78 bits per heavy atom. The van der Waals surface area contributed by atoms with Gasteiger partial charge in [-0.2, -0.15) is 0 Å². The third kappa shape index (κ3) is 2.38. The van der Waals surface area contributed by atoms with E-state index in [4.69, 9.17) is 0 Å². The fraction of sp³-hybridized carbons (Fsp3) is 0.222. The highest BCUT2D eigenvalue weighted by molar-refractivity contribution is 5.69. The Kier molecular flexibility index (Phi) is 3.66. The lowest BCUT2D eigenvalue weighted by atomic mass is 9.93. The summed E-state index contributed by atoms with van der Waals surface area (Å²) in [6.45, 7) is 2.14. The van der Waals surface area contributed by atoms with E-state index in [0.717, 1.165) is 0 Å². The van der Waals surface area contributed by atoms with Crippen LogP contribution in [0.1, 0.15) is 30.5 Å². The molecule has 0 nitrogen and oxygen atoms in total. The lowest BCUT2D eigenvalue weighted by molar-refractivity contribution is 0.986. The molecule has 0 amide bonds. The van der Waals surface area contributed by atoms with E-state index in [0.29, 0.717) is 0 Å². The first-order chi connectivity index (χ1) is 8.33. The van der Waals surface area contributed by atoms with Gasteiger partial charge in [-0.3, -0.25) is 0 Å². The van der Waals surface area contributed by atoms with Crippen molar-refractivity contribution >= 4 is 6.08 Å². The summed E-state index contributed by atoms with van der Waals surface area (Å²) < 4.78 is 0. The van der Waals surface area contributed by atoms with Crippen molar-refractivity contribution in [1.82, 2.24) is 0 Å². The van der Waals surface area contributed by atoms with Gasteiger partial charge in [0.05, 0.1) is 0 Å². The SMILES string of the molecule is C.Cc1cccc(-c2ccc3c(c2)CCC=C3)c1. The molecule has 0 heteroatoms. The van der Waals surface area contributed by atoms with Gasteiger partial charge in [0, 0.05) is 0 Å². The highest BCUT2D eigenvalue weighted by Gasteiger charge is 2.06. The van der Waals surface area contributed by atoms with Gasteiger partial charge in [0.15, 0.2) is 0 Å². The molecule has 18 heavy (non-hydrogen) atoms. The maximum absolute atomic E-state index is 2.34. The van der Waals surface area contributed by atoms with E-state index in [9.17, 15) is 0 Å². The van der Waals surface area contributed by atoms with Gasteiger partial charge in [0.25, 0.3) is 0 Å². The molecule has 0 unspecified atom stereocenters. The van der Waals surface area contributed by atoms with Crippen molar-refractivity contribution in [3.05, 3.63) is 65.2 Å². The molecule has 2 aromatic carbocycles. The topological polar surface area (TPSA) is 0 Å². The number of aryl methyl sites for hydroxylation is 2. The third-order valence-electron chi connectivity index (χ3n) is 3.37. The molecule has 3 rings (SSSR count). The van der Waals surface area contributed by atoms with Crippen LogP contribution in [-0.4, -0.2) is 0 Å². The zero-order valence-corrected chi connectivity index (χ0v) is 10.1. The number of allylic oxidation sites excluding steroid dienone is 1. The molecule has 1 aliphatic rings. The van der Waals surface area contributed by atoms with Crippen LogP contribution >= 0.6 is 0 Å². The van der Waals surface area contributed by atoms with Gasteiger partial charge in [-0.1, -0.05) is 67.6 Å². The Labute approximate surface area is 110 Å². The Hall–Kier alpha value is -1.82. The van der Waals surface area contributed by atoms with Gasteiger partial charge in [-0.05, 0) is 42.0 Å². The number of hydrogen-bond acceptors (Lipinski definition) is 0. The molecule has 0 N–H and O–H groups in total. The van der Waals surface area contributed by atoms with Crippen LogP contribution in [0.15, 0.2) is 48.5 Å². The third-order valence-corrected chi connectivity index (χ3v) is 3.37. The normalized spacial score (nSPS) is 12.7. The highest BCUT2D eigenvalue weighted by Crippen LogP contribution is 2.26. The molecule has 0 spiro atoms. The van der Waals surface area contributed by atoms with Crippen molar-refractivity contribution in [2.24, 2.45) is 0 Å². The molecule has 0 saturated heterocycles. The van der Waals surface area contributed by atoms with Gasteiger partial charge in [-0.25, -0.2) is 0 Å². The minimum atomic E-state index is 0. The largest absolute Gasteiger partial charge is 0.0836 e. The molecule has 0 atom stereocenters. The number of fused-ring (bicyclic) bond motifs is 1. The smallest absolute Gasteiger partial charge is 0.0181 e. The number of rotatable bonds is 1. The van der Waals surface area contributed by atoms with E-state index in [1.807, 2.05) is 0 Å². The summed E-state index contributed by atoms with van der Waals surface area (Å²) in [5, 5.41) is 0. The fourth-order valence-corrected chi connectivity index (χ4v) is 2.44. The van der Waals surface area contributed by atoms with Gasteiger partial charge in [0.2, 0.25) is 0 Å². The zero-order chi connectivity index (χ0) is 11.7. The Bertz CT molecular complexity index is 576. The Morgan fingerprint density at radius 1 is 0.944 bits per heavy atom. The minimum Gasteiger partial charge on any atom is -0.0836 e. The van der Waals surface area contributed by atoms with Crippen molar-refractivity contribution < 1.29 is 0 Å². The maximum Gasteiger partial charge on any atom is -0.0181 e. The summed E-state index contributed by atoms with van der Waals surface area (Å²) in [6.07, 6.45) is 6.84. The zero-order valence-electron chi connectivity index (χ0n) is 10.1. The lowest BCUT2D eigenvalue weighted by Crippen LogP contribution is -1.94. The maximum atomic E-state index is 2.34. The molecule has 0 heterocycles. The average molecular weight is 236 g/mol. The molecule has 0 aliphatic heterocycles. The fourth-order valence-electron chi connectivity index (χ4n) is 2.44. The molecule has 0 radical (unpaired) electrons. The first-order valence-corrected chi connectivity index (χ1v) is 6.19. The van der Waals surface area contributed by atoms with Crippen LogP contribution in [0.2, 0.25) is 0 Å². The summed E-state index contributed by atoms with van der Waals surface area (Å²) in [7, 11) is 0. The van der Waals surface area contributed by atoms with E-state index in [1.165, 1.54) is 40.7 Å². The molecule has 0 fully saturated rings. The number of hydrogen-bond donors (Lipinski definition) is 0. The summed E-state index contributed by atoms with van der Waals surface area (Å²) in [4.78, 5) is 0. The highest BCUT2D eigenvalue weighted by atomic mass is 14.1. The molecule has 92 valence electrons. The van der Waals surface area contributed by atoms with Gasteiger partial charge in [0.1, 0.15) is 0 Å². The quantitative estimate of drug-likeness (QED) is 0.633. The second kappa shape index (κ2) is 5.22. The molecule has 0 bridgehead atoms. The van der Waals surface area contributed by atoms with Crippen molar-refractivity contribution in [1.29, 1.82) is 0 Å². The second-order valence-corrected chi connectivity index (χ2v) is 4.72.